The summed E-state index contributed by atoms with van der Waals surface area (Å²) in [5, 5.41) is 8.44. The predicted octanol–water partition coefficient (Wildman–Crippen LogP) is 1.47. The van der Waals surface area contributed by atoms with E-state index in [9.17, 15) is 13.6 Å². The van der Waals surface area contributed by atoms with Gasteiger partial charge in [-0.05, 0) is 13.3 Å². The van der Waals surface area contributed by atoms with Gasteiger partial charge in [0.1, 0.15) is 6.04 Å². The summed E-state index contributed by atoms with van der Waals surface area (Å²) in [6, 6.07) is -1.24. The molecule has 0 spiro atoms. The summed E-state index contributed by atoms with van der Waals surface area (Å²) in [7, 11) is 0. The van der Waals surface area contributed by atoms with E-state index >= 15 is 0 Å². The van der Waals surface area contributed by atoms with Crippen molar-refractivity contribution in [1.29, 1.82) is 0 Å². The number of aliphatic carboxylic acids is 1. The van der Waals surface area contributed by atoms with E-state index in [1.165, 1.54) is 13.8 Å². The Kier molecular flexibility index (Phi) is 3.38. The maximum atomic E-state index is 12.9. The zero-order valence-electron chi connectivity index (χ0n) is 7.97. The van der Waals surface area contributed by atoms with Gasteiger partial charge >= 0.3 is 5.97 Å². The third-order valence-electron chi connectivity index (χ3n) is 2.24. The van der Waals surface area contributed by atoms with Gasteiger partial charge in [0, 0.05) is 5.41 Å². The maximum Gasteiger partial charge on any atom is 0.320 e. The molecule has 0 saturated carbocycles. The fourth-order valence-electron chi connectivity index (χ4n) is 0.816. The monoisotopic (exact) mass is 195 g/mol. The van der Waals surface area contributed by atoms with Gasteiger partial charge in [-0.3, -0.25) is 4.79 Å². The molecule has 0 fully saturated rings. The third kappa shape index (κ3) is 3.26. The van der Waals surface area contributed by atoms with E-state index in [0.717, 1.165) is 6.92 Å². The second-order valence-corrected chi connectivity index (χ2v) is 3.92. The number of rotatable bonds is 4. The standard InChI is InChI=1S/C8H15F2NO2/c1-7(2,8(3,9)10)4-5(11)6(12)13/h5H,4,11H2,1-3H3,(H,12,13). The summed E-state index contributed by atoms with van der Waals surface area (Å²) < 4.78 is 25.8. The highest BCUT2D eigenvalue weighted by molar-refractivity contribution is 5.73. The zero-order chi connectivity index (χ0) is 10.9. The van der Waals surface area contributed by atoms with E-state index < -0.39 is 23.3 Å². The molecule has 0 aliphatic heterocycles. The first-order valence-electron chi connectivity index (χ1n) is 3.94. The van der Waals surface area contributed by atoms with Gasteiger partial charge in [-0.25, -0.2) is 8.78 Å². The maximum absolute atomic E-state index is 12.9. The lowest BCUT2D eigenvalue weighted by Gasteiger charge is -2.32. The molecule has 0 bridgehead atoms. The summed E-state index contributed by atoms with van der Waals surface area (Å²) in [4.78, 5) is 10.3. The highest BCUT2D eigenvalue weighted by atomic mass is 19.3. The van der Waals surface area contributed by atoms with E-state index in [4.69, 9.17) is 10.8 Å². The number of nitrogens with two attached hydrogens (primary N) is 1. The fourth-order valence-corrected chi connectivity index (χ4v) is 0.816. The number of hydrogen-bond donors (Lipinski definition) is 2. The summed E-state index contributed by atoms with van der Waals surface area (Å²) in [6.07, 6.45) is -0.244. The topological polar surface area (TPSA) is 63.3 Å². The summed E-state index contributed by atoms with van der Waals surface area (Å²) in [5.41, 5.74) is 3.77. The quantitative estimate of drug-likeness (QED) is 0.714. The predicted molar refractivity (Wildman–Crippen MR) is 44.6 cm³/mol. The summed E-state index contributed by atoms with van der Waals surface area (Å²) in [6.45, 7) is 3.37. The molecule has 0 aromatic carbocycles. The number of carbonyl (C=O) groups is 1. The molecule has 5 heteroatoms. The van der Waals surface area contributed by atoms with Crippen LogP contribution in [0.2, 0.25) is 0 Å². The van der Waals surface area contributed by atoms with Gasteiger partial charge in [0.25, 0.3) is 0 Å². The smallest absolute Gasteiger partial charge is 0.320 e. The minimum atomic E-state index is -2.93. The van der Waals surface area contributed by atoms with E-state index in [1.54, 1.807) is 0 Å². The molecule has 0 amide bonds. The van der Waals surface area contributed by atoms with Gasteiger partial charge < -0.3 is 10.8 Å². The van der Waals surface area contributed by atoms with Crippen molar-refractivity contribution in [2.75, 3.05) is 0 Å². The lowest BCUT2D eigenvalue weighted by atomic mass is 9.80. The van der Waals surface area contributed by atoms with Gasteiger partial charge in [0.15, 0.2) is 0 Å². The zero-order valence-corrected chi connectivity index (χ0v) is 7.97. The van der Waals surface area contributed by atoms with E-state index in [2.05, 4.69) is 0 Å². The van der Waals surface area contributed by atoms with Crippen molar-refractivity contribution in [3.63, 3.8) is 0 Å². The highest BCUT2D eigenvalue weighted by Crippen LogP contribution is 2.39. The first kappa shape index (κ1) is 12.3. The second kappa shape index (κ2) is 3.57. The normalized spacial score (nSPS) is 15.5. The Hall–Kier alpha value is -0.710. The molecule has 0 aromatic heterocycles. The molecular weight excluding hydrogens is 180 g/mol. The molecule has 0 saturated heterocycles. The molecular formula is C8H15F2NO2. The Balaban J connectivity index is 4.43. The first-order valence-corrected chi connectivity index (χ1v) is 3.94. The minimum absolute atomic E-state index is 0.244. The van der Waals surface area contributed by atoms with Crippen molar-refractivity contribution in [2.45, 2.75) is 39.2 Å². The Morgan fingerprint density at radius 2 is 1.85 bits per heavy atom. The van der Waals surface area contributed by atoms with Crippen LogP contribution in [0.25, 0.3) is 0 Å². The average molecular weight is 195 g/mol. The Labute approximate surface area is 75.9 Å². The van der Waals surface area contributed by atoms with Gasteiger partial charge in [-0.1, -0.05) is 13.8 Å². The van der Waals surface area contributed by atoms with Crippen LogP contribution in [0.15, 0.2) is 0 Å². The van der Waals surface area contributed by atoms with Crippen molar-refractivity contribution in [2.24, 2.45) is 11.1 Å². The SMILES string of the molecule is CC(F)(F)C(C)(C)CC(N)C(=O)O. The molecule has 1 atom stereocenters. The van der Waals surface area contributed by atoms with E-state index in [0.29, 0.717) is 0 Å². The second-order valence-electron chi connectivity index (χ2n) is 3.92. The van der Waals surface area contributed by atoms with E-state index in [1.807, 2.05) is 0 Å². The highest BCUT2D eigenvalue weighted by Gasteiger charge is 2.43. The molecule has 78 valence electrons. The minimum Gasteiger partial charge on any atom is -0.480 e. The number of carboxylic acid groups (broad SMARTS) is 1. The third-order valence-corrected chi connectivity index (χ3v) is 2.24. The fraction of sp³-hybridized carbons (Fsp3) is 0.875. The van der Waals surface area contributed by atoms with Crippen LogP contribution in [0.4, 0.5) is 8.78 Å². The number of hydrogen-bond acceptors (Lipinski definition) is 2. The first-order chi connectivity index (χ1) is 5.58. The Morgan fingerprint density at radius 3 is 2.08 bits per heavy atom. The molecule has 3 N–H and O–H groups in total. The molecule has 13 heavy (non-hydrogen) atoms. The van der Waals surface area contributed by atoms with Gasteiger partial charge in [0.2, 0.25) is 5.92 Å². The van der Waals surface area contributed by atoms with Crippen LogP contribution in [0.3, 0.4) is 0 Å². The largest absolute Gasteiger partial charge is 0.480 e. The molecule has 0 aromatic rings. The van der Waals surface area contributed by atoms with Gasteiger partial charge in [-0.15, -0.1) is 0 Å². The average Bonchev–Trinajstić information content (AvgIpc) is 1.83. The van der Waals surface area contributed by atoms with Crippen LogP contribution < -0.4 is 5.73 Å². The van der Waals surface area contributed by atoms with Crippen LogP contribution in [0.5, 0.6) is 0 Å². The molecule has 3 nitrogen and oxygen atoms in total. The van der Waals surface area contributed by atoms with Crippen molar-refractivity contribution in [3.8, 4) is 0 Å². The number of alkyl halides is 2. The van der Waals surface area contributed by atoms with Crippen LogP contribution in [-0.2, 0) is 4.79 Å². The van der Waals surface area contributed by atoms with Gasteiger partial charge in [0.05, 0.1) is 0 Å². The number of halogens is 2. The number of carboxylic acids is 1. The molecule has 0 aliphatic carbocycles. The molecule has 1 unspecified atom stereocenters. The van der Waals surface area contributed by atoms with Crippen LogP contribution >= 0.6 is 0 Å². The Morgan fingerprint density at radius 1 is 1.46 bits per heavy atom. The molecule has 0 heterocycles. The van der Waals surface area contributed by atoms with Crippen molar-refractivity contribution in [3.05, 3.63) is 0 Å². The van der Waals surface area contributed by atoms with Crippen molar-refractivity contribution >= 4 is 5.97 Å². The van der Waals surface area contributed by atoms with Crippen molar-refractivity contribution in [1.82, 2.24) is 0 Å². The van der Waals surface area contributed by atoms with Crippen LogP contribution in [0, 0.1) is 5.41 Å². The van der Waals surface area contributed by atoms with Crippen molar-refractivity contribution < 1.29 is 18.7 Å². The summed E-state index contributed by atoms with van der Waals surface area (Å²) >= 11 is 0. The Bertz CT molecular complexity index is 199. The van der Waals surface area contributed by atoms with E-state index in [-0.39, 0.29) is 6.42 Å². The molecule has 0 aliphatic rings. The molecule has 0 radical (unpaired) electrons. The summed E-state index contributed by atoms with van der Waals surface area (Å²) in [5.74, 6) is -4.18. The molecule has 0 rings (SSSR count). The van der Waals surface area contributed by atoms with Crippen LogP contribution in [-0.4, -0.2) is 23.0 Å². The van der Waals surface area contributed by atoms with Crippen LogP contribution in [0.1, 0.15) is 27.2 Å². The van der Waals surface area contributed by atoms with Gasteiger partial charge in [-0.2, -0.15) is 0 Å². The lowest BCUT2D eigenvalue weighted by Crippen LogP contribution is -2.42. The lowest BCUT2D eigenvalue weighted by molar-refractivity contribution is -0.142.